The first-order valence-corrected chi connectivity index (χ1v) is 5.80. The second kappa shape index (κ2) is 5.44. The fourth-order valence-electron chi connectivity index (χ4n) is 2.28. The Balaban J connectivity index is 2.00. The van der Waals surface area contributed by atoms with E-state index in [1.165, 1.54) is 0 Å². The van der Waals surface area contributed by atoms with Crippen molar-refractivity contribution in [1.82, 2.24) is 4.90 Å². The first-order valence-electron chi connectivity index (χ1n) is 5.80. The highest BCUT2D eigenvalue weighted by Gasteiger charge is 2.31. The lowest BCUT2D eigenvalue weighted by molar-refractivity contribution is -0.904. The Morgan fingerprint density at radius 2 is 2.18 bits per heavy atom. The Hall–Kier alpha value is -1.17. The van der Waals surface area contributed by atoms with E-state index in [4.69, 9.17) is 9.94 Å². The van der Waals surface area contributed by atoms with Crippen LogP contribution in [0.25, 0.3) is 0 Å². The summed E-state index contributed by atoms with van der Waals surface area (Å²) in [7, 11) is 1.71. The van der Waals surface area contributed by atoms with Gasteiger partial charge >= 0.3 is 0 Å². The van der Waals surface area contributed by atoms with Gasteiger partial charge in [0.05, 0.1) is 12.7 Å². The molecule has 1 aromatic heterocycles. The molecule has 0 aliphatic carbocycles. The van der Waals surface area contributed by atoms with Gasteiger partial charge in [-0.05, 0) is 12.0 Å². The van der Waals surface area contributed by atoms with E-state index in [0.29, 0.717) is 0 Å². The maximum Gasteiger partial charge on any atom is 0.222 e. The van der Waals surface area contributed by atoms with Crippen molar-refractivity contribution in [3.63, 3.8) is 0 Å². The van der Waals surface area contributed by atoms with E-state index in [2.05, 4.69) is 4.90 Å². The SMILES string of the molecule is CO[C@@H]1C[C@@H](CO)N(Cc2cc[n+](O)cc2)C1. The van der Waals surface area contributed by atoms with Gasteiger partial charge in [-0.3, -0.25) is 10.1 Å². The molecule has 0 spiro atoms. The predicted octanol–water partition coefficient (Wildman–Crippen LogP) is -0.207. The van der Waals surface area contributed by atoms with Crippen molar-refractivity contribution in [2.24, 2.45) is 0 Å². The minimum atomic E-state index is 0.159. The van der Waals surface area contributed by atoms with Gasteiger partial charge in [0.2, 0.25) is 12.4 Å². The van der Waals surface area contributed by atoms with Gasteiger partial charge in [0, 0.05) is 43.1 Å². The van der Waals surface area contributed by atoms with Gasteiger partial charge in [0.15, 0.2) is 0 Å². The average Bonchev–Trinajstić information content (AvgIpc) is 2.74. The first kappa shape index (κ1) is 12.3. The highest BCUT2D eigenvalue weighted by atomic mass is 16.5. The molecule has 94 valence electrons. The summed E-state index contributed by atoms with van der Waals surface area (Å²) in [5.74, 6) is 0. The fraction of sp³-hybridized carbons (Fsp3) is 0.583. The minimum Gasteiger partial charge on any atom is -0.395 e. The number of hydrogen-bond acceptors (Lipinski definition) is 4. The lowest BCUT2D eigenvalue weighted by atomic mass is 10.2. The van der Waals surface area contributed by atoms with E-state index in [9.17, 15) is 5.11 Å². The van der Waals surface area contributed by atoms with Crippen molar-refractivity contribution in [2.45, 2.75) is 25.1 Å². The summed E-state index contributed by atoms with van der Waals surface area (Å²) in [6.07, 6.45) is 4.29. The van der Waals surface area contributed by atoms with Crippen molar-refractivity contribution in [1.29, 1.82) is 0 Å². The molecule has 0 unspecified atom stereocenters. The minimum absolute atomic E-state index is 0.159. The number of pyridine rings is 1. The van der Waals surface area contributed by atoms with E-state index in [1.807, 2.05) is 12.1 Å². The largest absolute Gasteiger partial charge is 0.395 e. The zero-order valence-corrected chi connectivity index (χ0v) is 9.99. The zero-order valence-electron chi connectivity index (χ0n) is 9.99. The van der Waals surface area contributed by atoms with Gasteiger partial charge in [0.1, 0.15) is 0 Å². The molecule has 0 amide bonds. The molecular formula is C12H19N2O3+. The molecule has 1 aromatic rings. The third-order valence-electron chi connectivity index (χ3n) is 3.30. The lowest BCUT2D eigenvalue weighted by Crippen LogP contribution is -2.33. The molecule has 2 heterocycles. The second-order valence-corrected chi connectivity index (χ2v) is 4.45. The van der Waals surface area contributed by atoms with E-state index in [0.717, 1.165) is 29.8 Å². The molecule has 5 heteroatoms. The third-order valence-corrected chi connectivity index (χ3v) is 3.30. The van der Waals surface area contributed by atoms with Gasteiger partial charge in [-0.15, -0.1) is 0 Å². The van der Waals surface area contributed by atoms with Crippen LogP contribution in [0.2, 0.25) is 0 Å². The van der Waals surface area contributed by atoms with Crippen LogP contribution < -0.4 is 4.73 Å². The molecular weight excluding hydrogens is 220 g/mol. The molecule has 0 radical (unpaired) electrons. The van der Waals surface area contributed by atoms with Crippen LogP contribution in [0.3, 0.4) is 0 Å². The number of likely N-dealkylation sites (tertiary alicyclic amines) is 1. The van der Waals surface area contributed by atoms with Gasteiger partial charge in [-0.2, -0.15) is 0 Å². The molecule has 5 nitrogen and oxygen atoms in total. The summed E-state index contributed by atoms with van der Waals surface area (Å²) in [6.45, 7) is 1.77. The van der Waals surface area contributed by atoms with Crippen LogP contribution in [0.5, 0.6) is 0 Å². The highest BCUT2D eigenvalue weighted by molar-refractivity contribution is 5.08. The summed E-state index contributed by atoms with van der Waals surface area (Å²) in [5.41, 5.74) is 1.12. The standard InChI is InChI=1S/C12H19N2O3/c1-17-12-6-11(9-15)13(8-12)7-10-2-4-14(16)5-3-10/h2-5,11-12,15-16H,6-9H2,1H3/q+1/t11-,12+/m0/s1. The van der Waals surface area contributed by atoms with Crippen molar-refractivity contribution in [2.75, 3.05) is 20.3 Å². The fourth-order valence-corrected chi connectivity index (χ4v) is 2.28. The van der Waals surface area contributed by atoms with E-state index in [1.54, 1.807) is 19.5 Å². The molecule has 17 heavy (non-hydrogen) atoms. The molecule has 0 saturated carbocycles. The van der Waals surface area contributed by atoms with Crippen molar-refractivity contribution in [3.8, 4) is 0 Å². The highest BCUT2D eigenvalue weighted by Crippen LogP contribution is 2.21. The lowest BCUT2D eigenvalue weighted by Gasteiger charge is -2.21. The third kappa shape index (κ3) is 2.94. The maximum absolute atomic E-state index is 9.33. The Bertz CT molecular complexity index is 355. The maximum atomic E-state index is 9.33. The van der Waals surface area contributed by atoms with Gasteiger partial charge in [0.25, 0.3) is 0 Å². The van der Waals surface area contributed by atoms with Crippen LogP contribution in [0.4, 0.5) is 0 Å². The molecule has 1 fully saturated rings. The van der Waals surface area contributed by atoms with Crippen molar-refractivity contribution in [3.05, 3.63) is 30.1 Å². The summed E-state index contributed by atoms with van der Waals surface area (Å²) in [5, 5.41) is 18.5. The summed E-state index contributed by atoms with van der Waals surface area (Å²) >= 11 is 0. The molecule has 2 atom stereocenters. The van der Waals surface area contributed by atoms with E-state index < -0.39 is 0 Å². The zero-order chi connectivity index (χ0) is 12.3. The van der Waals surface area contributed by atoms with Crippen LogP contribution >= 0.6 is 0 Å². The number of rotatable bonds is 4. The van der Waals surface area contributed by atoms with Gasteiger partial charge < -0.3 is 9.84 Å². The monoisotopic (exact) mass is 239 g/mol. The summed E-state index contributed by atoms with van der Waals surface area (Å²) in [4.78, 5) is 2.21. The summed E-state index contributed by atoms with van der Waals surface area (Å²) < 4.78 is 6.36. The van der Waals surface area contributed by atoms with Crippen LogP contribution in [0.15, 0.2) is 24.5 Å². The Labute approximate surface area is 101 Å². The van der Waals surface area contributed by atoms with Gasteiger partial charge in [-0.25, -0.2) is 0 Å². The Morgan fingerprint density at radius 1 is 1.47 bits per heavy atom. The predicted molar refractivity (Wildman–Crippen MR) is 60.5 cm³/mol. The van der Waals surface area contributed by atoms with Crippen LogP contribution in [0.1, 0.15) is 12.0 Å². The number of nitrogens with zero attached hydrogens (tertiary/aromatic N) is 2. The topological polar surface area (TPSA) is 56.8 Å². The molecule has 2 rings (SSSR count). The van der Waals surface area contributed by atoms with Gasteiger partial charge in [-0.1, -0.05) is 0 Å². The number of aliphatic hydroxyl groups excluding tert-OH is 1. The number of aromatic nitrogens is 1. The number of ether oxygens (including phenoxy) is 1. The number of hydrogen-bond donors (Lipinski definition) is 2. The molecule has 1 saturated heterocycles. The number of methoxy groups -OCH3 is 1. The first-order chi connectivity index (χ1) is 8.22. The molecule has 1 aliphatic rings. The van der Waals surface area contributed by atoms with E-state index >= 15 is 0 Å². The smallest absolute Gasteiger partial charge is 0.222 e. The average molecular weight is 239 g/mol. The van der Waals surface area contributed by atoms with E-state index in [-0.39, 0.29) is 18.8 Å². The number of aliphatic hydroxyl groups is 1. The molecule has 2 N–H and O–H groups in total. The molecule has 0 bridgehead atoms. The Morgan fingerprint density at radius 3 is 2.76 bits per heavy atom. The van der Waals surface area contributed by atoms with Crippen LogP contribution in [-0.4, -0.2) is 47.6 Å². The van der Waals surface area contributed by atoms with Crippen LogP contribution in [0, 0.1) is 0 Å². The summed E-state index contributed by atoms with van der Waals surface area (Å²) in [6, 6.07) is 3.91. The van der Waals surface area contributed by atoms with Crippen LogP contribution in [-0.2, 0) is 11.3 Å². The normalized spacial score (nSPS) is 25.3. The molecule has 0 aromatic carbocycles. The van der Waals surface area contributed by atoms with Crippen molar-refractivity contribution >= 4 is 0 Å². The quantitative estimate of drug-likeness (QED) is 0.564. The molecule has 1 aliphatic heterocycles. The Kier molecular flexibility index (Phi) is 3.93. The van der Waals surface area contributed by atoms with Crippen molar-refractivity contribution < 1.29 is 19.8 Å². The second-order valence-electron chi connectivity index (χ2n) is 4.45.